The van der Waals surface area contributed by atoms with Gasteiger partial charge in [0.25, 0.3) is 5.56 Å². The molecule has 3 heterocycles. The third-order valence-electron chi connectivity index (χ3n) is 4.61. The Hall–Kier alpha value is -2.20. The second kappa shape index (κ2) is 7.20. The third-order valence-corrected chi connectivity index (χ3v) is 6.39. The molecule has 0 saturated carbocycles. The summed E-state index contributed by atoms with van der Waals surface area (Å²) in [6.45, 7) is 7.07. The van der Waals surface area contributed by atoms with Crippen molar-refractivity contribution in [1.82, 2.24) is 24.5 Å². The van der Waals surface area contributed by atoms with E-state index < -0.39 is 10.0 Å². The molecule has 3 rings (SSSR count). The first-order valence-electron chi connectivity index (χ1n) is 8.68. The number of aromatic nitrogens is 4. The first-order chi connectivity index (χ1) is 12.3. The molecular formula is C16H24N6O3S. The summed E-state index contributed by atoms with van der Waals surface area (Å²) >= 11 is 0. The molecule has 1 fully saturated rings. The Bertz CT molecular complexity index is 949. The summed E-state index contributed by atoms with van der Waals surface area (Å²) in [5, 5.41) is 4.29. The number of H-pyrrole nitrogens is 1. The molecule has 10 heteroatoms. The molecule has 1 atom stereocenters. The lowest BCUT2D eigenvalue weighted by Crippen LogP contribution is -2.49. The maximum absolute atomic E-state index is 12.9. The van der Waals surface area contributed by atoms with Crippen molar-refractivity contribution < 1.29 is 8.42 Å². The second-order valence-electron chi connectivity index (χ2n) is 6.46. The number of nitrogens with one attached hydrogen (secondary N) is 2. The molecule has 1 unspecified atom stereocenters. The molecule has 0 radical (unpaired) electrons. The standard InChI is InChI=1S/C16H24N6O3S/c1-4-22-12(3)14(11(2)19-22)26(24,25)20-13-6-5-9-21(10-13)15-16(23)18-8-7-17-15/h7-8,13,20H,4-6,9-10H2,1-3H3,(H,18,23). The summed E-state index contributed by atoms with van der Waals surface area (Å²) in [5.74, 6) is 0.322. The van der Waals surface area contributed by atoms with Crippen molar-refractivity contribution >= 4 is 15.8 Å². The smallest absolute Gasteiger partial charge is 0.290 e. The summed E-state index contributed by atoms with van der Waals surface area (Å²) in [6.07, 6.45) is 4.49. The molecule has 26 heavy (non-hydrogen) atoms. The molecule has 1 aliphatic rings. The minimum Gasteiger partial charge on any atom is -0.350 e. The van der Waals surface area contributed by atoms with Crippen molar-refractivity contribution in [2.45, 2.75) is 51.1 Å². The van der Waals surface area contributed by atoms with Gasteiger partial charge in [-0.2, -0.15) is 5.10 Å². The average molecular weight is 380 g/mol. The summed E-state index contributed by atoms with van der Waals surface area (Å²) < 4.78 is 30.3. The number of hydrogen-bond acceptors (Lipinski definition) is 6. The van der Waals surface area contributed by atoms with E-state index in [1.807, 2.05) is 11.8 Å². The maximum Gasteiger partial charge on any atom is 0.290 e. The van der Waals surface area contributed by atoms with Gasteiger partial charge >= 0.3 is 0 Å². The van der Waals surface area contributed by atoms with E-state index in [0.717, 1.165) is 6.42 Å². The molecule has 0 bridgehead atoms. The van der Waals surface area contributed by atoms with Crippen molar-refractivity contribution in [3.8, 4) is 0 Å². The van der Waals surface area contributed by atoms with Crippen LogP contribution in [-0.2, 0) is 16.6 Å². The lowest BCUT2D eigenvalue weighted by Gasteiger charge is -2.33. The fraction of sp³-hybridized carbons (Fsp3) is 0.562. The Morgan fingerprint density at radius 1 is 1.38 bits per heavy atom. The molecule has 0 amide bonds. The monoisotopic (exact) mass is 380 g/mol. The Labute approximate surface area is 152 Å². The van der Waals surface area contributed by atoms with E-state index in [1.54, 1.807) is 18.5 Å². The quantitative estimate of drug-likeness (QED) is 0.783. The Morgan fingerprint density at radius 3 is 2.81 bits per heavy atom. The number of anilines is 1. The first kappa shape index (κ1) is 18.6. The van der Waals surface area contributed by atoms with Crippen LogP contribution in [0.5, 0.6) is 0 Å². The summed E-state index contributed by atoms with van der Waals surface area (Å²) in [6, 6.07) is -0.293. The zero-order chi connectivity index (χ0) is 18.9. The predicted octanol–water partition coefficient (Wildman–Crippen LogP) is 0.550. The molecule has 1 saturated heterocycles. The lowest BCUT2D eigenvalue weighted by atomic mass is 10.1. The molecule has 0 aromatic carbocycles. The molecule has 2 aromatic rings. The van der Waals surface area contributed by atoms with Gasteiger partial charge in [0.2, 0.25) is 10.0 Å². The number of aryl methyl sites for hydroxylation is 2. The minimum atomic E-state index is -3.69. The highest BCUT2D eigenvalue weighted by molar-refractivity contribution is 7.89. The van der Waals surface area contributed by atoms with Crippen LogP contribution >= 0.6 is 0 Å². The number of hydrogen-bond donors (Lipinski definition) is 2. The molecule has 0 spiro atoms. The molecule has 1 aliphatic heterocycles. The molecular weight excluding hydrogens is 356 g/mol. The van der Waals surface area contributed by atoms with E-state index in [2.05, 4.69) is 19.8 Å². The topological polar surface area (TPSA) is 113 Å². The van der Waals surface area contributed by atoms with Crippen LogP contribution in [0.2, 0.25) is 0 Å². The van der Waals surface area contributed by atoms with Crippen molar-refractivity contribution in [3.63, 3.8) is 0 Å². The van der Waals surface area contributed by atoms with Gasteiger partial charge in [-0.3, -0.25) is 9.48 Å². The second-order valence-corrected chi connectivity index (χ2v) is 8.11. The highest BCUT2D eigenvalue weighted by Gasteiger charge is 2.30. The summed E-state index contributed by atoms with van der Waals surface area (Å²) in [4.78, 5) is 20.7. The fourth-order valence-corrected chi connectivity index (χ4v) is 5.16. The van der Waals surface area contributed by atoms with Gasteiger partial charge in [-0.1, -0.05) is 0 Å². The van der Waals surface area contributed by atoms with Gasteiger partial charge in [0.1, 0.15) is 4.90 Å². The van der Waals surface area contributed by atoms with Gasteiger partial charge in [0, 0.05) is 38.1 Å². The van der Waals surface area contributed by atoms with Gasteiger partial charge in [-0.25, -0.2) is 18.1 Å². The Balaban J connectivity index is 1.81. The normalized spacial score (nSPS) is 18.3. The number of rotatable bonds is 5. The third kappa shape index (κ3) is 3.51. The van der Waals surface area contributed by atoms with Crippen molar-refractivity contribution in [3.05, 3.63) is 34.1 Å². The van der Waals surface area contributed by atoms with E-state index in [0.29, 0.717) is 43.3 Å². The van der Waals surface area contributed by atoms with Crippen molar-refractivity contribution in [2.75, 3.05) is 18.0 Å². The van der Waals surface area contributed by atoms with Gasteiger partial charge in [0.05, 0.1) is 11.4 Å². The summed E-state index contributed by atoms with van der Waals surface area (Å²) in [7, 11) is -3.69. The zero-order valence-corrected chi connectivity index (χ0v) is 16.0. The van der Waals surface area contributed by atoms with Gasteiger partial charge < -0.3 is 9.88 Å². The minimum absolute atomic E-state index is 0.243. The van der Waals surface area contributed by atoms with Gasteiger partial charge in [0.15, 0.2) is 5.82 Å². The van der Waals surface area contributed by atoms with E-state index in [1.165, 1.54) is 12.4 Å². The van der Waals surface area contributed by atoms with Crippen LogP contribution < -0.4 is 15.2 Å². The van der Waals surface area contributed by atoms with Crippen molar-refractivity contribution in [2.24, 2.45) is 0 Å². The van der Waals surface area contributed by atoms with Crippen LogP contribution in [0.15, 0.2) is 22.1 Å². The molecule has 142 valence electrons. The lowest BCUT2D eigenvalue weighted by molar-refractivity contribution is 0.462. The van der Waals surface area contributed by atoms with Gasteiger partial charge in [-0.15, -0.1) is 0 Å². The van der Waals surface area contributed by atoms with E-state index in [9.17, 15) is 13.2 Å². The maximum atomic E-state index is 12.9. The van der Waals surface area contributed by atoms with Crippen LogP contribution in [0, 0.1) is 13.8 Å². The highest BCUT2D eigenvalue weighted by Crippen LogP contribution is 2.21. The number of aromatic amines is 1. The average Bonchev–Trinajstić information content (AvgIpc) is 2.89. The van der Waals surface area contributed by atoms with Crippen LogP contribution in [-0.4, -0.2) is 47.3 Å². The molecule has 9 nitrogen and oxygen atoms in total. The van der Waals surface area contributed by atoms with Crippen LogP contribution in [0.25, 0.3) is 0 Å². The van der Waals surface area contributed by atoms with E-state index >= 15 is 0 Å². The molecule has 2 N–H and O–H groups in total. The number of piperidine rings is 1. The van der Waals surface area contributed by atoms with E-state index in [4.69, 9.17) is 0 Å². The summed E-state index contributed by atoms with van der Waals surface area (Å²) in [5.41, 5.74) is 0.851. The van der Waals surface area contributed by atoms with Crippen LogP contribution in [0.4, 0.5) is 5.82 Å². The van der Waals surface area contributed by atoms with Crippen molar-refractivity contribution in [1.29, 1.82) is 0 Å². The Morgan fingerprint density at radius 2 is 2.15 bits per heavy atom. The zero-order valence-electron chi connectivity index (χ0n) is 15.2. The predicted molar refractivity (Wildman–Crippen MR) is 97.8 cm³/mol. The molecule has 2 aromatic heterocycles. The largest absolute Gasteiger partial charge is 0.350 e. The number of nitrogens with zero attached hydrogens (tertiary/aromatic N) is 4. The van der Waals surface area contributed by atoms with Crippen LogP contribution in [0.1, 0.15) is 31.2 Å². The highest BCUT2D eigenvalue weighted by atomic mass is 32.2. The SMILES string of the molecule is CCn1nc(C)c(S(=O)(=O)NC2CCCN(c3ncc[nH]c3=O)C2)c1C. The number of sulfonamides is 1. The van der Waals surface area contributed by atoms with Gasteiger partial charge in [-0.05, 0) is 33.6 Å². The molecule has 0 aliphatic carbocycles. The first-order valence-corrected chi connectivity index (χ1v) is 10.2. The Kier molecular flexibility index (Phi) is 5.15. The van der Waals surface area contributed by atoms with Crippen LogP contribution in [0.3, 0.4) is 0 Å². The fourth-order valence-electron chi connectivity index (χ4n) is 3.49. The van der Waals surface area contributed by atoms with E-state index in [-0.39, 0.29) is 16.5 Å².